The monoisotopic (exact) mass is 431 g/mol. The standard InChI is InChI=1S/C21H29N5O3S/c1-22-21(26-8-6-25(7-9-26)20(27)18-4-2-12-29-18)23-16-17(19-5-3-15-30-19)24-10-13-28-14-11-24/h2-5,12,15,17H,6-11,13-14,16H2,1H3,(H,22,23). The highest BCUT2D eigenvalue weighted by Crippen LogP contribution is 2.25. The third-order valence-corrected chi connectivity index (χ3v) is 6.60. The first-order valence-corrected chi connectivity index (χ1v) is 11.3. The minimum atomic E-state index is -0.0485. The first-order chi connectivity index (χ1) is 14.8. The minimum absolute atomic E-state index is 0.0485. The molecule has 4 heterocycles. The van der Waals surface area contributed by atoms with Crippen molar-refractivity contribution in [3.05, 3.63) is 46.5 Å². The molecule has 4 rings (SSSR count). The summed E-state index contributed by atoms with van der Waals surface area (Å²) < 4.78 is 10.8. The number of nitrogens with one attached hydrogen (secondary N) is 1. The summed E-state index contributed by atoms with van der Waals surface area (Å²) in [5.74, 6) is 1.23. The molecule has 1 amide bonds. The van der Waals surface area contributed by atoms with Gasteiger partial charge in [-0.15, -0.1) is 11.3 Å². The van der Waals surface area contributed by atoms with E-state index in [2.05, 4.69) is 37.6 Å². The molecule has 0 saturated carbocycles. The molecular formula is C21H29N5O3S. The van der Waals surface area contributed by atoms with Crippen LogP contribution < -0.4 is 5.32 Å². The summed E-state index contributed by atoms with van der Waals surface area (Å²) in [5.41, 5.74) is 0. The van der Waals surface area contributed by atoms with Gasteiger partial charge < -0.3 is 24.3 Å². The maximum absolute atomic E-state index is 12.5. The Bertz CT molecular complexity index is 810. The van der Waals surface area contributed by atoms with E-state index >= 15 is 0 Å². The second-order valence-electron chi connectivity index (χ2n) is 7.36. The molecule has 2 fully saturated rings. The van der Waals surface area contributed by atoms with E-state index in [9.17, 15) is 4.79 Å². The molecule has 0 aliphatic carbocycles. The summed E-state index contributed by atoms with van der Waals surface area (Å²) in [6.45, 7) is 7.02. The van der Waals surface area contributed by atoms with Crippen LogP contribution >= 0.6 is 11.3 Å². The number of hydrogen-bond acceptors (Lipinski definition) is 6. The first-order valence-electron chi connectivity index (χ1n) is 10.4. The van der Waals surface area contributed by atoms with Gasteiger partial charge in [-0.05, 0) is 23.6 Å². The third-order valence-electron chi connectivity index (χ3n) is 5.62. The molecule has 0 radical (unpaired) electrons. The summed E-state index contributed by atoms with van der Waals surface area (Å²) in [7, 11) is 1.82. The van der Waals surface area contributed by atoms with Crippen LogP contribution in [0.5, 0.6) is 0 Å². The Morgan fingerprint density at radius 2 is 1.90 bits per heavy atom. The predicted molar refractivity (Wildman–Crippen MR) is 117 cm³/mol. The van der Waals surface area contributed by atoms with Crippen LogP contribution in [0.25, 0.3) is 0 Å². The fraction of sp³-hybridized carbons (Fsp3) is 0.524. The molecule has 162 valence electrons. The Labute approximate surface area is 181 Å². The molecule has 2 aromatic heterocycles. The zero-order valence-electron chi connectivity index (χ0n) is 17.3. The Hall–Kier alpha value is -2.36. The van der Waals surface area contributed by atoms with Crippen molar-refractivity contribution in [2.75, 3.05) is 66.1 Å². The zero-order chi connectivity index (χ0) is 20.8. The van der Waals surface area contributed by atoms with Crippen LogP contribution in [0, 0.1) is 0 Å². The van der Waals surface area contributed by atoms with Crippen LogP contribution in [-0.2, 0) is 4.74 Å². The number of carbonyl (C=O) groups excluding carboxylic acids is 1. The predicted octanol–water partition coefficient (Wildman–Crippen LogP) is 1.75. The Morgan fingerprint density at radius 1 is 1.13 bits per heavy atom. The van der Waals surface area contributed by atoms with Crippen molar-refractivity contribution in [3.8, 4) is 0 Å². The molecule has 1 N–H and O–H groups in total. The summed E-state index contributed by atoms with van der Waals surface area (Å²) in [6, 6.07) is 8.07. The molecule has 2 aromatic rings. The Morgan fingerprint density at radius 3 is 2.53 bits per heavy atom. The molecule has 2 aliphatic rings. The molecule has 9 heteroatoms. The average molecular weight is 432 g/mol. The van der Waals surface area contributed by atoms with Crippen LogP contribution in [0.3, 0.4) is 0 Å². The highest BCUT2D eigenvalue weighted by atomic mass is 32.1. The van der Waals surface area contributed by atoms with Crippen molar-refractivity contribution in [1.29, 1.82) is 0 Å². The molecule has 2 aliphatic heterocycles. The molecule has 0 spiro atoms. The van der Waals surface area contributed by atoms with Gasteiger partial charge in [-0.2, -0.15) is 0 Å². The third kappa shape index (κ3) is 4.85. The number of nitrogens with zero attached hydrogens (tertiary/aromatic N) is 4. The highest BCUT2D eigenvalue weighted by Gasteiger charge is 2.27. The van der Waals surface area contributed by atoms with Crippen molar-refractivity contribution in [1.82, 2.24) is 20.0 Å². The lowest BCUT2D eigenvalue weighted by molar-refractivity contribution is 0.0175. The van der Waals surface area contributed by atoms with Gasteiger partial charge in [-0.25, -0.2) is 0 Å². The Kier molecular flexibility index (Phi) is 7.03. The Balaban J connectivity index is 1.33. The lowest BCUT2D eigenvalue weighted by atomic mass is 10.2. The van der Waals surface area contributed by atoms with Gasteiger partial charge in [0.1, 0.15) is 0 Å². The molecule has 1 unspecified atom stereocenters. The number of ether oxygens (including phenoxy) is 1. The lowest BCUT2D eigenvalue weighted by Crippen LogP contribution is -2.54. The van der Waals surface area contributed by atoms with Crippen molar-refractivity contribution in [2.24, 2.45) is 4.99 Å². The summed E-state index contributed by atoms with van der Waals surface area (Å²) in [4.78, 5) is 24.9. The maximum atomic E-state index is 12.5. The smallest absolute Gasteiger partial charge is 0.289 e. The van der Waals surface area contributed by atoms with Gasteiger partial charge in [0.05, 0.1) is 25.5 Å². The van der Waals surface area contributed by atoms with Crippen molar-refractivity contribution >= 4 is 23.2 Å². The number of furan rings is 1. The van der Waals surface area contributed by atoms with Gasteiger partial charge in [0, 0.05) is 57.7 Å². The van der Waals surface area contributed by atoms with Gasteiger partial charge in [-0.1, -0.05) is 6.07 Å². The topological polar surface area (TPSA) is 73.6 Å². The van der Waals surface area contributed by atoms with Crippen molar-refractivity contribution in [3.63, 3.8) is 0 Å². The van der Waals surface area contributed by atoms with Gasteiger partial charge in [-0.3, -0.25) is 14.7 Å². The van der Waals surface area contributed by atoms with Gasteiger partial charge in [0.25, 0.3) is 5.91 Å². The SMILES string of the molecule is CN=C(NCC(c1cccs1)N1CCOCC1)N1CCN(C(=O)c2ccco2)CC1. The summed E-state index contributed by atoms with van der Waals surface area (Å²) in [5, 5.41) is 5.71. The van der Waals surface area contributed by atoms with E-state index in [-0.39, 0.29) is 5.91 Å². The van der Waals surface area contributed by atoms with E-state index < -0.39 is 0 Å². The molecule has 0 bridgehead atoms. The summed E-state index contributed by atoms with van der Waals surface area (Å²) >= 11 is 1.79. The second kappa shape index (κ2) is 10.1. The molecule has 0 aromatic carbocycles. The van der Waals surface area contributed by atoms with E-state index in [0.29, 0.717) is 24.9 Å². The number of amides is 1. The maximum Gasteiger partial charge on any atom is 0.289 e. The van der Waals surface area contributed by atoms with Gasteiger partial charge >= 0.3 is 0 Å². The van der Waals surface area contributed by atoms with Crippen molar-refractivity contribution < 1.29 is 13.9 Å². The lowest BCUT2D eigenvalue weighted by Gasteiger charge is -2.38. The van der Waals surface area contributed by atoms with E-state index in [1.165, 1.54) is 11.1 Å². The fourth-order valence-electron chi connectivity index (χ4n) is 3.98. The minimum Gasteiger partial charge on any atom is -0.459 e. The van der Waals surface area contributed by atoms with E-state index in [0.717, 1.165) is 51.9 Å². The number of guanidine groups is 1. The van der Waals surface area contributed by atoms with E-state index in [1.54, 1.807) is 23.5 Å². The highest BCUT2D eigenvalue weighted by molar-refractivity contribution is 7.10. The molecule has 30 heavy (non-hydrogen) atoms. The van der Waals surface area contributed by atoms with Crippen LogP contribution in [0.2, 0.25) is 0 Å². The van der Waals surface area contributed by atoms with Crippen LogP contribution in [0.15, 0.2) is 45.3 Å². The number of piperazine rings is 1. The fourth-order valence-corrected chi connectivity index (χ4v) is 4.84. The largest absolute Gasteiger partial charge is 0.459 e. The van der Waals surface area contributed by atoms with E-state index in [1.807, 2.05) is 11.9 Å². The van der Waals surface area contributed by atoms with Crippen molar-refractivity contribution in [2.45, 2.75) is 6.04 Å². The van der Waals surface area contributed by atoms with Gasteiger partial charge in [0.15, 0.2) is 11.7 Å². The number of carbonyl (C=O) groups is 1. The number of thiophene rings is 1. The number of aliphatic imine (C=N–C) groups is 1. The van der Waals surface area contributed by atoms with Gasteiger partial charge in [0.2, 0.25) is 0 Å². The van der Waals surface area contributed by atoms with Crippen LogP contribution in [0.4, 0.5) is 0 Å². The average Bonchev–Trinajstić information content (AvgIpc) is 3.52. The molecule has 8 nitrogen and oxygen atoms in total. The number of rotatable bonds is 5. The second-order valence-corrected chi connectivity index (χ2v) is 8.34. The summed E-state index contributed by atoms with van der Waals surface area (Å²) in [6.07, 6.45) is 1.54. The quantitative estimate of drug-likeness (QED) is 0.574. The zero-order valence-corrected chi connectivity index (χ0v) is 18.1. The molecular weight excluding hydrogens is 402 g/mol. The normalized spacial score (nSPS) is 19.7. The first kappa shape index (κ1) is 20.9. The molecule has 2 saturated heterocycles. The van der Waals surface area contributed by atoms with E-state index in [4.69, 9.17) is 9.15 Å². The van der Waals surface area contributed by atoms with Crippen LogP contribution in [0.1, 0.15) is 21.5 Å². The number of hydrogen-bond donors (Lipinski definition) is 1. The van der Waals surface area contributed by atoms with Crippen LogP contribution in [-0.4, -0.2) is 92.6 Å². The molecule has 1 atom stereocenters. The number of morpholine rings is 1.